The van der Waals surface area contributed by atoms with Crippen molar-refractivity contribution in [3.05, 3.63) is 42.2 Å². The number of carbonyl (C=O) groups is 1. The number of hydrogen-bond acceptors (Lipinski definition) is 8. The van der Waals surface area contributed by atoms with Crippen molar-refractivity contribution in [2.75, 3.05) is 45.2 Å². The third-order valence-electron chi connectivity index (χ3n) is 8.12. The minimum absolute atomic E-state index is 0.0907. The van der Waals surface area contributed by atoms with Crippen LogP contribution in [0.3, 0.4) is 0 Å². The molecule has 1 aliphatic heterocycles. The number of piperazine rings is 1. The van der Waals surface area contributed by atoms with Crippen LogP contribution in [0.25, 0.3) is 22.2 Å². The molecule has 10 heteroatoms. The van der Waals surface area contributed by atoms with E-state index >= 15 is 0 Å². The van der Waals surface area contributed by atoms with E-state index in [0.29, 0.717) is 31.7 Å². The van der Waals surface area contributed by atoms with Crippen LogP contribution in [0.15, 0.2) is 36.7 Å². The quantitative estimate of drug-likeness (QED) is 0.382. The average molecular weight is 579 g/mol. The van der Waals surface area contributed by atoms with Crippen LogP contribution in [0, 0.1) is 0 Å². The lowest BCUT2D eigenvalue weighted by molar-refractivity contribution is 0.0139. The van der Waals surface area contributed by atoms with Gasteiger partial charge in [0.25, 0.3) is 0 Å². The van der Waals surface area contributed by atoms with Gasteiger partial charge in [-0.2, -0.15) is 4.98 Å². The maximum Gasteiger partial charge on any atom is 0.410 e. The highest BCUT2D eigenvalue weighted by molar-refractivity contribution is 5.94. The van der Waals surface area contributed by atoms with Crippen LogP contribution in [0.4, 0.5) is 10.7 Å². The number of nitrogens with zero attached hydrogens (tertiary/aromatic N) is 5. The van der Waals surface area contributed by atoms with Crippen molar-refractivity contribution >= 4 is 23.1 Å². The van der Waals surface area contributed by atoms with Gasteiger partial charge in [0.15, 0.2) is 0 Å². The number of aliphatic hydroxyl groups is 1. The van der Waals surface area contributed by atoms with E-state index in [1.165, 1.54) is 5.56 Å². The first kappa shape index (κ1) is 30.3. The molecule has 1 saturated carbocycles. The van der Waals surface area contributed by atoms with Crippen molar-refractivity contribution < 1.29 is 19.4 Å². The smallest absolute Gasteiger partial charge is 0.410 e. The number of ether oxygens (including phenoxy) is 2. The fourth-order valence-corrected chi connectivity index (χ4v) is 5.92. The van der Waals surface area contributed by atoms with Gasteiger partial charge < -0.3 is 29.4 Å². The number of amides is 1. The number of fused-ring (bicyclic) bond motifs is 1. The lowest BCUT2D eigenvalue weighted by Crippen LogP contribution is -2.49. The minimum atomic E-state index is -0.477. The van der Waals surface area contributed by atoms with Gasteiger partial charge in [0.05, 0.1) is 12.7 Å². The van der Waals surface area contributed by atoms with Gasteiger partial charge in [-0.15, -0.1) is 0 Å². The zero-order valence-corrected chi connectivity index (χ0v) is 25.7. The third-order valence-corrected chi connectivity index (χ3v) is 8.12. The van der Waals surface area contributed by atoms with Crippen molar-refractivity contribution in [3.63, 3.8) is 0 Å². The van der Waals surface area contributed by atoms with Gasteiger partial charge in [0, 0.05) is 75.3 Å². The maximum atomic E-state index is 12.4. The van der Waals surface area contributed by atoms with E-state index in [1.807, 2.05) is 33.9 Å². The van der Waals surface area contributed by atoms with Crippen molar-refractivity contribution in [1.29, 1.82) is 0 Å². The SMILES string of the molecule is COCC(C)Nc1ncc2c(-c3ccc(CN4CCN(C(=O)OC(C)(C)C)CC4)cc3)cn(C3CCC(O)CC3)c2n1. The lowest BCUT2D eigenvalue weighted by atomic mass is 9.93. The summed E-state index contributed by atoms with van der Waals surface area (Å²) in [6.45, 7) is 12.1. The van der Waals surface area contributed by atoms with Crippen molar-refractivity contribution in [1.82, 2.24) is 24.3 Å². The zero-order valence-electron chi connectivity index (χ0n) is 25.7. The van der Waals surface area contributed by atoms with Gasteiger partial charge in [-0.05, 0) is 64.5 Å². The van der Waals surface area contributed by atoms with Crippen LogP contribution in [-0.4, -0.2) is 93.2 Å². The Bertz CT molecular complexity index is 1340. The van der Waals surface area contributed by atoms with Crippen molar-refractivity contribution in [2.24, 2.45) is 0 Å². The van der Waals surface area contributed by atoms with Crippen LogP contribution in [-0.2, 0) is 16.0 Å². The van der Waals surface area contributed by atoms with E-state index in [0.717, 1.165) is 67.5 Å². The molecule has 0 bridgehead atoms. The molecule has 3 heterocycles. The molecule has 228 valence electrons. The fourth-order valence-electron chi connectivity index (χ4n) is 5.92. The molecule has 10 nitrogen and oxygen atoms in total. The molecule has 2 aliphatic rings. The molecule has 0 radical (unpaired) electrons. The summed E-state index contributed by atoms with van der Waals surface area (Å²) in [5, 5.41) is 14.5. The van der Waals surface area contributed by atoms with Crippen LogP contribution in [0.2, 0.25) is 0 Å². The first-order valence-corrected chi connectivity index (χ1v) is 15.2. The molecule has 0 spiro atoms. The number of aliphatic hydroxyl groups excluding tert-OH is 1. The predicted octanol–water partition coefficient (Wildman–Crippen LogP) is 5.07. The van der Waals surface area contributed by atoms with Gasteiger partial charge >= 0.3 is 6.09 Å². The summed E-state index contributed by atoms with van der Waals surface area (Å²) in [6.07, 6.45) is 7.17. The number of rotatable bonds is 8. The molecule has 1 amide bonds. The number of nitrogens with one attached hydrogen (secondary N) is 1. The molecule has 1 atom stereocenters. The first-order valence-electron chi connectivity index (χ1n) is 15.2. The largest absolute Gasteiger partial charge is 0.444 e. The lowest BCUT2D eigenvalue weighted by Gasteiger charge is -2.35. The average Bonchev–Trinajstić information content (AvgIpc) is 3.32. The predicted molar refractivity (Wildman–Crippen MR) is 165 cm³/mol. The summed E-state index contributed by atoms with van der Waals surface area (Å²) < 4.78 is 13.1. The van der Waals surface area contributed by atoms with Crippen LogP contribution in [0.5, 0.6) is 0 Å². The third kappa shape index (κ3) is 7.40. The van der Waals surface area contributed by atoms with Crippen molar-refractivity contribution in [3.8, 4) is 11.1 Å². The van der Waals surface area contributed by atoms with Crippen LogP contribution in [0.1, 0.15) is 65.0 Å². The summed E-state index contributed by atoms with van der Waals surface area (Å²) in [4.78, 5) is 26.2. The number of carbonyl (C=O) groups excluding carboxylic acids is 1. The summed E-state index contributed by atoms with van der Waals surface area (Å²) in [5.41, 5.74) is 3.93. The van der Waals surface area contributed by atoms with Crippen LogP contribution < -0.4 is 5.32 Å². The van der Waals surface area contributed by atoms with Gasteiger partial charge in [-0.3, -0.25) is 4.90 Å². The Morgan fingerprint density at radius 2 is 1.79 bits per heavy atom. The van der Waals surface area contributed by atoms with E-state index in [9.17, 15) is 9.90 Å². The molecule has 2 N–H and O–H groups in total. The highest BCUT2D eigenvalue weighted by atomic mass is 16.6. The summed E-state index contributed by atoms with van der Waals surface area (Å²) in [5.74, 6) is 0.593. The summed E-state index contributed by atoms with van der Waals surface area (Å²) in [7, 11) is 1.69. The van der Waals surface area contributed by atoms with Gasteiger partial charge in [-0.25, -0.2) is 9.78 Å². The van der Waals surface area contributed by atoms with E-state index in [4.69, 9.17) is 14.5 Å². The van der Waals surface area contributed by atoms with Crippen LogP contribution >= 0.6 is 0 Å². The normalized spacial score (nSPS) is 21.0. The maximum absolute atomic E-state index is 12.4. The molecule has 1 aliphatic carbocycles. The van der Waals surface area contributed by atoms with E-state index in [1.54, 1.807) is 12.0 Å². The molecule has 42 heavy (non-hydrogen) atoms. The number of benzene rings is 1. The molecular formula is C32H46N6O4. The number of anilines is 1. The summed E-state index contributed by atoms with van der Waals surface area (Å²) >= 11 is 0. The monoisotopic (exact) mass is 578 g/mol. The Kier molecular flexibility index (Phi) is 9.35. The minimum Gasteiger partial charge on any atom is -0.444 e. The topological polar surface area (TPSA) is 105 Å². The van der Waals surface area contributed by atoms with E-state index < -0.39 is 5.60 Å². The Morgan fingerprint density at radius 1 is 1.10 bits per heavy atom. The molecular weight excluding hydrogens is 532 g/mol. The Hall–Kier alpha value is -3.21. The molecule has 1 aromatic carbocycles. The first-order chi connectivity index (χ1) is 20.1. The van der Waals surface area contributed by atoms with E-state index in [-0.39, 0.29) is 18.2 Å². The molecule has 2 aromatic heterocycles. The van der Waals surface area contributed by atoms with Gasteiger partial charge in [0.1, 0.15) is 11.2 Å². The van der Waals surface area contributed by atoms with Gasteiger partial charge in [0.2, 0.25) is 5.95 Å². The number of hydrogen-bond donors (Lipinski definition) is 2. The highest BCUT2D eigenvalue weighted by Crippen LogP contribution is 2.37. The van der Waals surface area contributed by atoms with Crippen molar-refractivity contribution in [2.45, 2.75) is 83.7 Å². The second kappa shape index (κ2) is 13.0. The Balaban J connectivity index is 1.31. The Labute approximate surface area is 249 Å². The number of aromatic nitrogens is 3. The van der Waals surface area contributed by atoms with Gasteiger partial charge in [-0.1, -0.05) is 24.3 Å². The second-order valence-corrected chi connectivity index (χ2v) is 12.8. The molecule has 1 unspecified atom stereocenters. The summed E-state index contributed by atoms with van der Waals surface area (Å²) in [6, 6.07) is 9.14. The molecule has 3 aromatic rings. The molecule has 2 fully saturated rings. The Morgan fingerprint density at radius 3 is 2.43 bits per heavy atom. The zero-order chi connectivity index (χ0) is 29.9. The second-order valence-electron chi connectivity index (χ2n) is 12.8. The standard InChI is InChI=1S/C32H46N6O4/c1-22(21-41-5)34-30-33-18-27-28(20-38(29(27)35-30)25-10-12-26(39)13-11-25)24-8-6-23(7-9-24)19-36-14-16-37(17-15-36)31(40)42-32(2,3)4/h6-9,18,20,22,25-26,39H,10-17,19,21H2,1-5H3,(H,33,34,35). The van der Waals surface area contributed by atoms with E-state index in [2.05, 4.69) is 50.2 Å². The fraction of sp³-hybridized carbons (Fsp3) is 0.594. The molecule has 1 saturated heterocycles. The number of methoxy groups -OCH3 is 1. The molecule has 5 rings (SSSR count). The highest BCUT2D eigenvalue weighted by Gasteiger charge is 2.27.